The SMILES string of the molecule is CCCCCCCCCC=CCCCCCCN. The van der Waals surface area contributed by atoms with E-state index in [1.807, 2.05) is 0 Å². The standard InChI is InChI=1S/C17H35N/c1-2-3-4-5-6-7-8-9-10-11-12-13-14-15-16-17-18/h10-11H,2-9,12-18H2,1H3. The number of hydrogen-bond acceptors (Lipinski definition) is 1. The Morgan fingerprint density at radius 3 is 1.56 bits per heavy atom. The average Bonchev–Trinajstić information content (AvgIpc) is 2.39. The molecule has 0 aromatic heterocycles. The second kappa shape index (κ2) is 16.7. The third-order valence-electron chi connectivity index (χ3n) is 3.47. The van der Waals surface area contributed by atoms with Crippen molar-refractivity contribution >= 4 is 0 Å². The second-order valence-electron chi connectivity index (χ2n) is 5.37. The summed E-state index contributed by atoms with van der Waals surface area (Å²) in [5, 5.41) is 0. The maximum absolute atomic E-state index is 5.46. The molecule has 0 unspecified atom stereocenters. The summed E-state index contributed by atoms with van der Waals surface area (Å²) < 4.78 is 0. The molecule has 0 aromatic carbocycles. The van der Waals surface area contributed by atoms with Crippen LogP contribution in [0.5, 0.6) is 0 Å². The zero-order valence-corrected chi connectivity index (χ0v) is 12.6. The molecule has 1 heteroatoms. The molecule has 0 bridgehead atoms. The largest absolute Gasteiger partial charge is 0.330 e. The van der Waals surface area contributed by atoms with Crippen LogP contribution >= 0.6 is 0 Å². The molecule has 0 saturated heterocycles. The molecule has 0 heterocycles. The van der Waals surface area contributed by atoms with Crippen molar-refractivity contribution in [3.8, 4) is 0 Å². The molecule has 0 fully saturated rings. The van der Waals surface area contributed by atoms with Crippen LogP contribution in [0.25, 0.3) is 0 Å². The Labute approximate surface area is 115 Å². The number of unbranched alkanes of at least 4 members (excludes halogenated alkanes) is 11. The van der Waals surface area contributed by atoms with Crippen molar-refractivity contribution in [2.45, 2.75) is 90.4 Å². The van der Waals surface area contributed by atoms with Crippen LogP contribution in [0.4, 0.5) is 0 Å². The maximum Gasteiger partial charge on any atom is -0.00773 e. The number of allylic oxidation sites excluding steroid dienone is 2. The minimum Gasteiger partial charge on any atom is -0.330 e. The fraction of sp³-hybridized carbons (Fsp3) is 0.882. The van der Waals surface area contributed by atoms with Gasteiger partial charge in [-0.2, -0.15) is 0 Å². The van der Waals surface area contributed by atoms with Gasteiger partial charge in [-0.05, 0) is 38.6 Å². The summed E-state index contributed by atoms with van der Waals surface area (Å²) in [5.41, 5.74) is 5.46. The Morgan fingerprint density at radius 2 is 1.06 bits per heavy atom. The number of hydrogen-bond donors (Lipinski definition) is 1. The molecule has 0 atom stereocenters. The predicted molar refractivity (Wildman–Crippen MR) is 83.9 cm³/mol. The quantitative estimate of drug-likeness (QED) is 0.317. The van der Waals surface area contributed by atoms with Gasteiger partial charge in [-0.15, -0.1) is 0 Å². The molecule has 18 heavy (non-hydrogen) atoms. The van der Waals surface area contributed by atoms with Crippen LogP contribution in [-0.2, 0) is 0 Å². The Kier molecular flexibility index (Phi) is 16.4. The van der Waals surface area contributed by atoms with Gasteiger partial charge in [0.05, 0.1) is 0 Å². The van der Waals surface area contributed by atoms with Crippen molar-refractivity contribution in [3.05, 3.63) is 12.2 Å². The molecule has 2 N–H and O–H groups in total. The van der Waals surface area contributed by atoms with Crippen molar-refractivity contribution in [1.82, 2.24) is 0 Å². The monoisotopic (exact) mass is 253 g/mol. The van der Waals surface area contributed by atoms with Crippen LogP contribution in [-0.4, -0.2) is 6.54 Å². The average molecular weight is 253 g/mol. The van der Waals surface area contributed by atoms with Crippen LogP contribution in [0, 0.1) is 0 Å². The summed E-state index contributed by atoms with van der Waals surface area (Å²) in [4.78, 5) is 0. The normalized spacial score (nSPS) is 11.4. The topological polar surface area (TPSA) is 26.0 Å². The summed E-state index contributed by atoms with van der Waals surface area (Å²) in [7, 11) is 0. The van der Waals surface area contributed by atoms with Gasteiger partial charge in [-0.1, -0.05) is 70.4 Å². The second-order valence-corrected chi connectivity index (χ2v) is 5.37. The minimum absolute atomic E-state index is 0.855. The highest BCUT2D eigenvalue weighted by molar-refractivity contribution is 4.81. The van der Waals surface area contributed by atoms with E-state index in [1.54, 1.807) is 0 Å². The van der Waals surface area contributed by atoms with Gasteiger partial charge in [-0.25, -0.2) is 0 Å². The molecule has 0 spiro atoms. The number of nitrogens with two attached hydrogens (primary N) is 1. The van der Waals surface area contributed by atoms with E-state index < -0.39 is 0 Å². The molecule has 0 saturated carbocycles. The van der Waals surface area contributed by atoms with E-state index in [1.165, 1.54) is 83.5 Å². The third-order valence-corrected chi connectivity index (χ3v) is 3.47. The van der Waals surface area contributed by atoms with Gasteiger partial charge in [0.1, 0.15) is 0 Å². The number of rotatable bonds is 14. The lowest BCUT2D eigenvalue weighted by molar-refractivity contribution is 0.591. The summed E-state index contributed by atoms with van der Waals surface area (Å²) in [6, 6.07) is 0. The first-order valence-electron chi connectivity index (χ1n) is 8.27. The van der Waals surface area contributed by atoms with Crippen molar-refractivity contribution in [2.75, 3.05) is 6.54 Å². The highest BCUT2D eigenvalue weighted by atomic mass is 14.5. The first kappa shape index (κ1) is 17.7. The lowest BCUT2D eigenvalue weighted by atomic mass is 10.1. The molecule has 108 valence electrons. The van der Waals surface area contributed by atoms with Gasteiger partial charge < -0.3 is 5.73 Å². The third kappa shape index (κ3) is 15.7. The van der Waals surface area contributed by atoms with Crippen LogP contribution in [0.1, 0.15) is 90.4 Å². The van der Waals surface area contributed by atoms with E-state index in [0.717, 1.165) is 6.54 Å². The first-order chi connectivity index (χ1) is 8.91. The van der Waals surface area contributed by atoms with E-state index in [0.29, 0.717) is 0 Å². The highest BCUT2D eigenvalue weighted by Gasteiger charge is 1.89. The molecule has 0 aromatic rings. The molecule has 0 aliphatic heterocycles. The van der Waals surface area contributed by atoms with Crippen LogP contribution in [0.2, 0.25) is 0 Å². The van der Waals surface area contributed by atoms with Crippen LogP contribution in [0.15, 0.2) is 12.2 Å². The fourth-order valence-electron chi connectivity index (χ4n) is 2.22. The van der Waals surface area contributed by atoms with Gasteiger partial charge in [0.2, 0.25) is 0 Å². The first-order valence-corrected chi connectivity index (χ1v) is 8.27. The van der Waals surface area contributed by atoms with E-state index in [-0.39, 0.29) is 0 Å². The molecule has 0 amide bonds. The van der Waals surface area contributed by atoms with Crippen molar-refractivity contribution < 1.29 is 0 Å². The van der Waals surface area contributed by atoms with Gasteiger partial charge in [0.15, 0.2) is 0 Å². The fourth-order valence-corrected chi connectivity index (χ4v) is 2.22. The van der Waals surface area contributed by atoms with Gasteiger partial charge in [-0.3, -0.25) is 0 Å². The molecule has 0 rings (SSSR count). The summed E-state index contributed by atoms with van der Waals surface area (Å²) in [6.07, 6.45) is 22.4. The Morgan fingerprint density at radius 1 is 0.611 bits per heavy atom. The van der Waals surface area contributed by atoms with Crippen LogP contribution < -0.4 is 5.73 Å². The lowest BCUT2D eigenvalue weighted by Crippen LogP contribution is -1.97. The van der Waals surface area contributed by atoms with E-state index >= 15 is 0 Å². The lowest BCUT2D eigenvalue weighted by Gasteiger charge is -1.99. The predicted octanol–water partition coefficient (Wildman–Crippen LogP) is 5.59. The van der Waals surface area contributed by atoms with E-state index in [9.17, 15) is 0 Å². The Hall–Kier alpha value is -0.300. The summed E-state index contributed by atoms with van der Waals surface area (Å²) in [5.74, 6) is 0. The summed E-state index contributed by atoms with van der Waals surface area (Å²) >= 11 is 0. The minimum atomic E-state index is 0.855. The van der Waals surface area contributed by atoms with Gasteiger partial charge >= 0.3 is 0 Å². The molecule has 0 aliphatic carbocycles. The molecule has 0 radical (unpaired) electrons. The zero-order chi connectivity index (χ0) is 13.3. The molecule has 1 nitrogen and oxygen atoms in total. The van der Waals surface area contributed by atoms with Gasteiger partial charge in [0, 0.05) is 0 Å². The summed E-state index contributed by atoms with van der Waals surface area (Å²) in [6.45, 7) is 3.13. The van der Waals surface area contributed by atoms with E-state index in [2.05, 4.69) is 19.1 Å². The van der Waals surface area contributed by atoms with Gasteiger partial charge in [0.25, 0.3) is 0 Å². The van der Waals surface area contributed by atoms with Crippen molar-refractivity contribution in [2.24, 2.45) is 5.73 Å². The van der Waals surface area contributed by atoms with Crippen molar-refractivity contribution in [1.29, 1.82) is 0 Å². The zero-order valence-electron chi connectivity index (χ0n) is 12.6. The molecule has 0 aliphatic rings. The van der Waals surface area contributed by atoms with Crippen molar-refractivity contribution in [3.63, 3.8) is 0 Å². The Balaban J connectivity index is 3.00. The maximum atomic E-state index is 5.46. The smallest absolute Gasteiger partial charge is 0.00773 e. The molecular formula is C17H35N. The van der Waals surface area contributed by atoms with E-state index in [4.69, 9.17) is 5.73 Å². The Bertz CT molecular complexity index is 163. The molecular weight excluding hydrogens is 218 g/mol. The highest BCUT2D eigenvalue weighted by Crippen LogP contribution is 2.09. The van der Waals surface area contributed by atoms with Crippen LogP contribution in [0.3, 0.4) is 0 Å².